The molecule has 0 aromatic carbocycles. The predicted molar refractivity (Wildman–Crippen MR) is 43.5 cm³/mol. The number of hydrogen-bond acceptors (Lipinski definition) is 2. The smallest absolute Gasteiger partial charge is 0.240 e. The van der Waals surface area contributed by atoms with Gasteiger partial charge in [0.1, 0.15) is 0 Å². The molecule has 1 aromatic rings. The van der Waals surface area contributed by atoms with Crippen molar-refractivity contribution in [1.82, 2.24) is 0 Å². The van der Waals surface area contributed by atoms with Crippen LogP contribution in [0.2, 0.25) is 0 Å². The standard InChI is InChI=1S/C7H9F2NO.ClH/c8-7(9)3-6(10)5-1-2-11-4-5;/h1-2,4,6-7H,3,10H2;1H/t6-;/m0./s1. The van der Waals surface area contributed by atoms with Gasteiger partial charge in [0, 0.05) is 18.0 Å². The zero-order valence-corrected chi connectivity index (χ0v) is 7.06. The summed E-state index contributed by atoms with van der Waals surface area (Å²) < 4.78 is 28.2. The molecule has 1 heterocycles. The molecular weight excluding hydrogens is 188 g/mol. The molecule has 0 amide bonds. The van der Waals surface area contributed by atoms with Crippen molar-refractivity contribution in [3.05, 3.63) is 24.2 Å². The highest BCUT2D eigenvalue weighted by Gasteiger charge is 2.13. The lowest BCUT2D eigenvalue weighted by Crippen LogP contribution is -2.12. The van der Waals surface area contributed by atoms with Gasteiger partial charge in [-0.05, 0) is 6.07 Å². The third-order valence-corrected chi connectivity index (χ3v) is 1.40. The monoisotopic (exact) mass is 197 g/mol. The molecule has 0 saturated carbocycles. The molecule has 0 aliphatic rings. The summed E-state index contributed by atoms with van der Waals surface area (Å²) in [4.78, 5) is 0. The van der Waals surface area contributed by atoms with E-state index in [9.17, 15) is 8.78 Å². The molecule has 0 aliphatic carbocycles. The second-order valence-electron chi connectivity index (χ2n) is 2.29. The molecule has 0 aliphatic heterocycles. The zero-order chi connectivity index (χ0) is 8.27. The number of halogens is 3. The molecule has 12 heavy (non-hydrogen) atoms. The summed E-state index contributed by atoms with van der Waals surface area (Å²) in [5.41, 5.74) is 6.02. The van der Waals surface area contributed by atoms with E-state index in [1.807, 2.05) is 0 Å². The summed E-state index contributed by atoms with van der Waals surface area (Å²) >= 11 is 0. The Balaban J connectivity index is 0.00000121. The highest BCUT2D eigenvalue weighted by atomic mass is 35.5. The van der Waals surface area contributed by atoms with Gasteiger partial charge >= 0.3 is 0 Å². The van der Waals surface area contributed by atoms with Crippen LogP contribution in [0.5, 0.6) is 0 Å². The van der Waals surface area contributed by atoms with Gasteiger partial charge in [0.25, 0.3) is 0 Å². The van der Waals surface area contributed by atoms with Crippen molar-refractivity contribution in [2.75, 3.05) is 0 Å². The van der Waals surface area contributed by atoms with Crippen LogP contribution in [-0.2, 0) is 0 Å². The molecule has 5 heteroatoms. The van der Waals surface area contributed by atoms with Gasteiger partial charge in [-0.1, -0.05) is 0 Å². The highest BCUT2D eigenvalue weighted by Crippen LogP contribution is 2.17. The molecule has 2 N–H and O–H groups in total. The van der Waals surface area contributed by atoms with Crippen molar-refractivity contribution in [2.24, 2.45) is 5.73 Å². The fourth-order valence-corrected chi connectivity index (χ4v) is 0.814. The summed E-state index contributed by atoms with van der Waals surface area (Å²) in [5.74, 6) is 0. The Hall–Kier alpha value is -0.610. The molecule has 0 unspecified atom stereocenters. The zero-order valence-electron chi connectivity index (χ0n) is 6.24. The minimum atomic E-state index is -2.36. The first-order chi connectivity index (χ1) is 5.20. The van der Waals surface area contributed by atoms with E-state index < -0.39 is 12.5 Å². The van der Waals surface area contributed by atoms with E-state index in [2.05, 4.69) is 0 Å². The van der Waals surface area contributed by atoms with Crippen molar-refractivity contribution in [2.45, 2.75) is 18.9 Å². The second kappa shape index (κ2) is 5.11. The van der Waals surface area contributed by atoms with Crippen molar-refractivity contribution in [3.8, 4) is 0 Å². The van der Waals surface area contributed by atoms with Crippen molar-refractivity contribution in [3.63, 3.8) is 0 Å². The molecule has 1 atom stereocenters. The van der Waals surface area contributed by atoms with Crippen LogP contribution in [-0.4, -0.2) is 6.43 Å². The van der Waals surface area contributed by atoms with Gasteiger partial charge in [-0.15, -0.1) is 12.4 Å². The molecule has 0 saturated heterocycles. The van der Waals surface area contributed by atoms with Crippen LogP contribution in [0.15, 0.2) is 23.0 Å². The molecular formula is C7H10ClF2NO. The number of nitrogens with two attached hydrogens (primary N) is 1. The summed E-state index contributed by atoms with van der Waals surface area (Å²) in [6.07, 6.45) is 0.118. The Morgan fingerprint density at radius 1 is 1.50 bits per heavy atom. The molecule has 0 spiro atoms. The summed E-state index contributed by atoms with van der Waals surface area (Å²) in [6.45, 7) is 0. The number of furan rings is 1. The lowest BCUT2D eigenvalue weighted by Gasteiger charge is -2.06. The van der Waals surface area contributed by atoms with E-state index >= 15 is 0 Å². The van der Waals surface area contributed by atoms with Crippen LogP contribution < -0.4 is 5.73 Å². The third-order valence-electron chi connectivity index (χ3n) is 1.40. The van der Waals surface area contributed by atoms with Crippen molar-refractivity contribution < 1.29 is 13.2 Å². The van der Waals surface area contributed by atoms with Gasteiger partial charge in [0.05, 0.1) is 12.5 Å². The van der Waals surface area contributed by atoms with Crippen LogP contribution in [0.1, 0.15) is 18.0 Å². The minimum Gasteiger partial charge on any atom is -0.472 e. The Morgan fingerprint density at radius 2 is 2.17 bits per heavy atom. The Bertz CT molecular complexity index is 203. The van der Waals surface area contributed by atoms with E-state index in [0.29, 0.717) is 5.56 Å². The van der Waals surface area contributed by atoms with Crippen molar-refractivity contribution >= 4 is 12.4 Å². The maximum absolute atomic E-state index is 11.8. The maximum atomic E-state index is 11.8. The quantitative estimate of drug-likeness (QED) is 0.808. The van der Waals surface area contributed by atoms with E-state index in [1.165, 1.54) is 12.5 Å². The fourth-order valence-electron chi connectivity index (χ4n) is 0.814. The van der Waals surface area contributed by atoms with Crippen LogP contribution in [0.4, 0.5) is 8.78 Å². The van der Waals surface area contributed by atoms with Crippen molar-refractivity contribution in [1.29, 1.82) is 0 Å². The van der Waals surface area contributed by atoms with E-state index in [-0.39, 0.29) is 18.8 Å². The topological polar surface area (TPSA) is 39.2 Å². The first kappa shape index (κ1) is 11.4. The largest absolute Gasteiger partial charge is 0.472 e. The lowest BCUT2D eigenvalue weighted by atomic mass is 10.1. The first-order valence-electron chi connectivity index (χ1n) is 3.26. The molecule has 0 fully saturated rings. The molecule has 70 valence electrons. The third kappa shape index (κ3) is 3.19. The normalized spacial score (nSPS) is 12.7. The molecule has 0 bridgehead atoms. The Kier molecular flexibility index (Phi) is 4.85. The first-order valence-corrected chi connectivity index (χ1v) is 3.26. The predicted octanol–water partition coefficient (Wildman–Crippen LogP) is 2.36. The Morgan fingerprint density at radius 3 is 2.58 bits per heavy atom. The van der Waals surface area contributed by atoms with E-state index in [0.717, 1.165) is 0 Å². The van der Waals surface area contributed by atoms with Gasteiger partial charge < -0.3 is 10.2 Å². The number of alkyl halides is 2. The molecule has 1 rings (SSSR count). The SMILES string of the molecule is Cl.N[C@@H](CC(F)F)c1ccoc1. The van der Waals surface area contributed by atoms with Gasteiger partial charge in [0.15, 0.2) is 0 Å². The molecule has 2 nitrogen and oxygen atoms in total. The average molecular weight is 198 g/mol. The maximum Gasteiger partial charge on any atom is 0.240 e. The summed E-state index contributed by atoms with van der Waals surface area (Å²) in [5, 5.41) is 0. The fraction of sp³-hybridized carbons (Fsp3) is 0.429. The highest BCUT2D eigenvalue weighted by molar-refractivity contribution is 5.85. The summed E-state index contributed by atoms with van der Waals surface area (Å²) in [7, 11) is 0. The van der Waals surface area contributed by atoms with Crippen LogP contribution >= 0.6 is 12.4 Å². The van der Waals surface area contributed by atoms with Gasteiger partial charge in [-0.25, -0.2) is 8.78 Å². The van der Waals surface area contributed by atoms with Crippen LogP contribution in [0, 0.1) is 0 Å². The van der Waals surface area contributed by atoms with Gasteiger partial charge in [0.2, 0.25) is 6.43 Å². The number of hydrogen-bond donors (Lipinski definition) is 1. The van der Waals surface area contributed by atoms with E-state index in [4.69, 9.17) is 10.2 Å². The molecule has 0 radical (unpaired) electrons. The lowest BCUT2D eigenvalue weighted by molar-refractivity contribution is 0.128. The minimum absolute atomic E-state index is 0. The van der Waals surface area contributed by atoms with Gasteiger partial charge in [-0.2, -0.15) is 0 Å². The van der Waals surface area contributed by atoms with Crippen LogP contribution in [0.25, 0.3) is 0 Å². The molecule has 1 aromatic heterocycles. The second-order valence-corrected chi connectivity index (χ2v) is 2.29. The Labute approximate surface area is 75.1 Å². The van der Waals surface area contributed by atoms with E-state index in [1.54, 1.807) is 6.07 Å². The van der Waals surface area contributed by atoms with Gasteiger partial charge in [-0.3, -0.25) is 0 Å². The average Bonchev–Trinajstić information content (AvgIpc) is 2.35. The van der Waals surface area contributed by atoms with Crippen LogP contribution in [0.3, 0.4) is 0 Å². The number of rotatable bonds is 3. The summed E-state index contributed by atoms with van der Waals surface area (Å²) in [6, 6.07) is 0.973.